The Labute approximate surface area is 84.2 Å². The number of ether oxygens (including phenoxy) is 1. The number of unbranched alkanes of at least 4 members (excludes halogenated alkanes) is 2. The third-order valence-electron chi connectivity index (χ3n) is 2.26. The molecule has 4 heteroatoms. The van der Waals surface area contributed by atoms with Crippen LogP contribution in [0, 0.1) is 0 Å². The van der Waals surface area contributed by atoms with Gasteiger partial charge in [0.1, 0.15) is 6.10 Å². The number of imide groups is 1. The van der Waals surface area contributed by atoms with Gasteiger partial charge in [-0.15, -0.1) is 0 Å². The zero-order valence-corrected chi connectivity index (χ0v) is 8.78. The maximum Gasteiger partial charge on any atom is 0.416 e. The monoisotopic (exact) mass is 199 g/mol. The highest BCUT2D eigenvalue weighted by Gasteiger charge is 2.32. The molecule has 1 atom stereocenters. The minimum Gasteiger partial charge on any atom is -0.444 e. The smallest absolute Gasteiger partial charge is 0.416 e. The Hall–Kier alpha value is -1.06. The zero-order chi connectivity index (χ0) is 10.6. The van der Waals surface area contributed by atoms with Crippen molar-refractivity contribution in [1.29, 1.82) is 0 Å². The Bertz CT molecular complexity index is 227. The van der Waals surface area contributed by atoms with Gasteiger partial charge >= 0.3 is 6.09 Å². The van der Waals surface area contributed by atoms with E-state index in [1.807, 2.05) is 0 Å². The first kappa shape index (κ1) is 11.0. The van der Waals surface area contributed by atoms with Crippen LogP contribution in [0.25, 0.3) is 0 Å². The fourth-order valence-corrected chi connectivity index (χ4v) is 1.47. The summed E-state index contributed by atoms with van der Waals surface area (Å²) in [7, 11) is 0. The Morgan fingerprint density at radius 2 is 2.29 bits per heavy atom. The van der Waals surface area contributed by atoms with E-state index in [2.05, 4.69) is 6.92 Å². The quantitative estimate of drug-likeness (QED) is 0.650. The summed E-state index contributed by atoms with van der Waals surface area (Å²) in [6.07, 6.45) is 2.78. The van der Waals surface area contributed by atoms with Crippen molar-refractivity contribution in [3.8, 4) is 0 Å². The standard InChI is InChI=1S/C10H17NO3/c1-3-4-5-6-9(12)11-7-8(2)14-10(11)13/h8H,3-7H2,1-2H3. The van der Waals surface area contributed by atoms with E-state index in [1.165, 1.54) is 4.90 Å². The van der Waals surface area contributed by atoms with Gasteiger partial charge in [0, 0.05) is 6.42 Å². The van der Waals surface area contributed by atoms with Crippen LogP contribution in [-0.4, -0.2) is 29.5 Å². The lowest BCUT2D eigenvalue weighted by molar-refractivity contribution is -0.127. The maximum absolute atomic E-state index is 11.5. The minimum atomic E-state index is -0.487. The first-order valence-electron chi connectivity index (χ1n) is 5.16. The van der Waals surface area contributed by atoms with Gasteiger partial charge in [0.15, 0.2) is 0 Å². The molecule has 1 heterocycles. The first-order valence-corrected chi connectivity index (χ1v) is 5.16. The highest BCUT2D eigenvalue weighted by atomic mass is 16.6. The van der Waals surface area contributed by atoms with Crippen LogP contribution in [0.3, 0.4) is 0 Å². The highest BCUT2D eigenvalue weighted by Crippen LogP contribution is 2.13. The molecular weight excluding hydrogens is 182 g/mol. The SMILES string of the molecule is CCCCCC(=O)N1CC(C)OC1=O. The molecular formula is C10H17NO3. The van der Waals surface area contributed by atoms with E-state index in [0.29, 0.717) is 13.0 Å². The zero-order valence-electron chi connectivity index (χ0n) is 8.78. The highest BCUT2D eigenvalue weighted by molar-refractivity contribution is 5.93. The summed E-state index contributed by atoms with van der Waals surface area (Å²) < 4.78 is 4.87. The number of rotatable bonds is 4. The molecule has 1 unspecified atom stereocenters. The molecule has 1 aliphatic heterocycles. The number of hydrogen-bond donors (Lipinski definition) is 0. The van der Waals surface area contributed by atoms with Crippen LogP contribution in [-0.2, 0) is 9.53 Å². The lowest BCUT2D eigenvalue weighted by Gasteiger charge is -2.09. The van der Waals surface area contributed by atoms with Crippen LogP contribution in [0.1, 0.15) is 39.5 Å². The minimum absolute atomic E-state index is 0.104. The van der Waals surface area contributed by atoms with Gasteiger partial charge in [-0.25, -0.2) is 9.69 Å². The third-order valence-corrected chi connectivity index (χ3v) is 2.26. The van der Waals surface area contributed by atoms with Crippen molar-refractivity contribution in [2.75, 3.05) is 6.54 Å². The molecule has 0 aromatic carbocycles. The van der Waals surface area contributed by atoms with Crippen molar-refractivity contribution in [1.82, 2.24) is 4.90 Å². The van der Waals surface area contributed by atoms with Gasteiger partial charge in [0.05, 0.1) is 6.54 Å². The molecule has 4 nitrogen and oxygen atoms in total. The summed E-state index contributed by atoms with van der Waals surface area (Å²) in [6.45, 7) is 4.28. The second-order valence-corrected chi connectivity index (χ2v) is 3.66. The molecule has 0 spiro atoms. The van der Waals surface area contributed by atoms with Crippen molar-refractivity contribution in [3.05, 3.63) is 0 Å². The summed E-state index contributed by atoms with van der Waals surface area (Å²) in [5, 5.41) is 0. The number of hydrogen-bond acceptors (Lipinski definition) is 3. The second kappa shape index (κ2) is 4.98. The predicted molar refractivity (Wildman–Crippen MR) is 51.8 cm³/mol. The Balaban J connectivity index is 2.33. The largest absolute Gasteiger partial charge is 0.444 e. The van der Waals surface area contributed by atoms with Crippen LogP contribution < -0.4 is 0 Å². The van der Waals surface area contributed by atoms with E-state index in [1.54, 1.807) is 6.92 Å². The number of nitrogens with zero attached hydrogens (tertiary/aromatic N) is 1. The Morgan fingerprint density at radius 1 is 1.57 bits per heavy atom. The van der Waals surface area contributed by atoms with Crippen molar-refractivity contribution >= 4 is 12.0 Å². The number of carbonyl (C=O) groups is 2. The third kappa shape index (κ3) is 2.72. The van der Waals surface area contributed by atoms with Crippen molar-refractivity contribution in [2.45, 2.75) is 45.6 Å². The van der Waals surface area contributed by atoms with Crippen molar-refractivity contribution < 1.29 is 14.3 Å². The molecule has 0 saturated carbocycles. The molecule has 0 aromatic heterocycles. The van der Waals surface area contributed by atoms with Gasteiger partial charge in [0.25, 0.3) is 0 Å². The summed E-state index contributed by atoms with van der Waals surface area (Å²) in [5.74, 6) is -0.104. The first-order chi connectivity index (χ1) is 6.65. The van der Waals surface area contributed by atoms with Crippen molar-refractivity contribution in [2.24, 2.45) is 0 Å². The van der Waals surface area contributed by atoms with E-state index in [9.17, 15) is 9.59 Å². The van der Waals surface area contributed by atoms with Crippen LogP contribution in [0.4, 0.5) is 4.79 Å². The van der Waals surface area contributed by atoms with Crippen LogP contribution in [0.5, 0.6) is 0 Å². The van der Waals surface area contributed by atoms with Gasteiger partial charge in [-0.1, -0.05) is 19.8 Å². The van der Waals surface area contributed by atoms with E-state index in [4.69, 9.17) is 4.74 Å². The average molecular weight is 199 g/mol. The fourth-order valence-electron chi connectivity index (χ4n) is 1.47. The summed E-state index contributed by atoms with van der Waals surface area (Å²) in [4.78, 5) is 23.9. The predicted octanol–water partition coefficient (Wildman–Crippen LogP) is 1.93. The Morgan fingerprint density at radius 3 is 2.79 bits per heavy atom. The molecule has 1 fully saturated rings. The van der Waals surface area contributed by atoms with E-state index >= 15 is 0 Å². The van der Waals surface area contributed by atoms with E-state index < -0.39 is 6.09 Å². The molecule has 0 radical (unpaired) electrons. The van der Waals surface area contributed by atoms with Gasteiger partial charge in [-0.2, -0.15) is 0 Å². The molecule has 1 saturated heterocycles. The summed E-state index contributed by atoms with van der Waals surface area (Å²) in [6, 6.07) is 0. The van der Waals surface area contributed by atoms with Crippen molar-refractivity contribution in [3.63, 3.8) is 0 Å². The lowest BCUT2D eigenvalue weighted by atomic mass is 10.2. The summed E-state index contributed by atoms with van der Waals surface area (Å²) in [5.41, 5.74) is 0. The number of carbonyl (C=O) groups excluding carboxylic acids is 2. The molecule has 2 amide bonds. The van der Waals surface area contributed by atoms with Gasteiger partial charge < -0.3 is 4.74 Å². The topological polar surface area (TPSA) is 46.6 Å². The molecule has 1 aliphatic rings. The number of amides is 2. The average Bonchev–Trinajstić information content (AvgIpc) is 2.45. The van der Waals surface area contributed by atoms with E-state index in [0.717, 1.165) is 19.3 Å². The number of cyclic esters (lactones) is 1. The Kier molecular flexibility index (Phi) is 3.92. The van der Waals surface area contributed by atoms with Crippen LogP contribution in [0.15, 0.2) is 0 Å². The normalized spacial score (nSPS) is 21.1. The maximum atomic E-state index is 11.5. The summed E-state index contributed by atoms with van der Waals surface area (Å²) >= 11 is 0. The molecule has 0 bridgehead atoms. The van der Waals surface area contributed by atoms with E-state index in [-0.39, 0.29) is 12.0 Å². The van der Waals surface area contributed by atoms with Gasteiger partial charge in [-0.3, -0.25) is 4.79 Å². The molecule has 0 aliphatic carbocycles. The van der Waals surface area contributed by atoms with Crippen LogP contribution in [0.2, 0.25) is 0 Å². The van der Waals surface area contributed by atoms with Gasteiger partial charge in [0.2, 0.25) is 5.91 Å². The molecule has 80 valence electrons. The lowest BCUT2D eigenvalue weighted by Crippen LogP contribution is -2.31. The fraction of sp³-hybridized carbons (Fsp3) is 0.800. The second-order valence-electron chi connectivity index (χ2n) is 3.66. The van der Waals surface area contributed by atoms with Gasteiger partial charge in [-0.05, 0) is 13.3 Å². The molecule has 14 heavy (non-hydrogen) atoms. The van der Waals surface area contributed by atoms with Crippen LogP contribution >= 0.6 is 0 Å². The molecule has 0 N–H and O–H groups in total. The molecule has 0 aromatic rings. The molecule has 1 rings (SSSR count).